The molecule has 1 aromatic carbocycles. The van der Waals surface area contributed by atoms with E-state index in [1.165, 1.54) is 12.1 Å². The Balaban J connectivity index is -0.000000180. The van der Waals surface area contributed by atoms with E-state index in [0.29, 0.717) is 11.4 Å². The van der Waals surface area contributed by atoms with Gasteiger partial charge in [0, 0.05) is 20.2 Å². The molecule has 0 heterocycles. The summed E-state index contributed by atoms with van der Waals surface area (Å²) in [6, 6.07) is 4.61. The van der Waals surface area contributed by atoms with Crippen molar-refractivity contribution < 1.29 is 61.8 Å². The Kier molecular flexibility index (Phi) is 17.4. The van der Waals surface area contributed by atoms with Crippen molar-refractivity contribution in [3.8, 4) is 5.75 Å². The van der Waals surface area contributed by atoms with Crippen molar-refractivity contribution in [3.05, 3.63) is 23.2 Å². The first-order valence-corrected chi connectivity index (χ1v) is 3.50. The van der Waals surface area contributed by atoms with Gasteiger partial charge in [0.1, 0.15) is 5.75 Å². The van der Waals surface area contributed by atoms with E-state index in [9.17, 15) is 5.11 Å². The van der Waals surface area contributed by atoms with Crippen LogP contribution in [0.4, 0.5) is 11.4 Å². The molecule has 0 saturated carbocycles. The summed E-state index contributed by atoms with van der Waals surface area (Å²) in [5.41, 5.74) is 1.06. The van der Waals surface area contributed by atoms with Crippen molar-refractivity contribution in [1.82, 2.24) is 0 Å². The minimum atomic E-state index is 0. The van der Waals surface area contributed by atoms with Gasteiger partial charge in [-0.3, -0.25) is 0 Å². The quantitative estimate of drug-likeness (QED) is 0.410. The molecule has 0 saturated heterocycles. The summed E-state index contributed by atoms with van der Waals surface area (Å²) < 4.78 is 0. The second-order valence-corrected chi connectivity index (χ2v) is 2.67. The molecule has 1 aromatic rings. The number of diazo groups is 1. The Hall–Kier alpha value is -0.267. The van der Waals surface area contributed by atoms with Crippen molar-refractivity contribution >= 4 is 11.4 Å². The van der Waals surface area contributed by atoms with Gasteiger partial charge >= 0.3 is 25.2 Å². The summed E-state index contributed by atoms with van der Waals surface area (Å²) in [6.45, 7) is 0. The van der Waals surface area contributed by atoms with E-state index >= 15 is 0 Å². The maximum atomic E-state index is 9.34. The molecule has 0 radical (unpaired) electrons. The summed E-state index contributed by atoms with van der Waals surface area (Å²) in [5, 5.41) is 17.8. The van der Waals surface area contributed by atoms with Gasteiger partial charge in [0.15, 0.2) is 4.98 Å². The Morgan fingerprint density at radius 3 is 2.06 bits per heavy atom. The van der Waals surface area contributed by atoms with Crippen molar-refractivity contribution in [2.75, 3.05) is 19.0 Å². The zero-order valence-electron chi connectivity index (χ0n) is 8.86. The number of halogens is 3. The standard InChI is InChI=1S/C8H9N3O.3ClH.Zn/c1-11(2)7-5-6(10-9)3-4-8(7)12;;;;/h3-5H,1-2H3;3*1H;/q;;;;+2/p-2. The van der Waals surface area contributed by atoms with Crippen LogP contribution in [0.3, 0.4) is 0 Å². The van der Waals surface area contributed by atoms with Gasteiger partial charge in [-0.25, -0.2) is 0 Å². The predicted octanol–water partition coefficient (Wildman–Crippen LogP) is -7.05. The van der Waals surface area contributed by atoms with E-state index in [0.717, 1.165) is 0 Å². The molecule has 0 unspecified atom stereocenters. The molecule has 1 N–H and O–H groups in total. The Bertz CT molecular complexity index is 344. The van der Waals surface area contributed by atoms with Crippen molar-refractivity contribution in [1.29, 1.82) is 5.39 Å². The molecule has 1 rings (SSSR count). The average molecular weight is 336 g/mol. The second kappa shape index (κ2) is 11.2. The third kappa shape index (κ3) is 6.35. The number of rotatable bonds is 1. The van der Waals surface area contributed by atoms with Crippen LogP contribution in [0, 0.1) is 5.39 Å². The van der Waals surface area contributed by atoms with Gasteiger partial charge in [-0.15, -0.1) is 0 Å². The van der Waals surface area contributed by atoms with Gasteiger partial charge in [0.2, 0.25) is 5.39 Å². The first-order chi connectivity index (χ1) is 5.65. The Labute approximate surface area is 126 Å². The summed E-state index contributed by atoms with van der Waals surface area (Å²) in [6.07, 6.45) is 0. The van der Waals surface area contributed by atoms with E-state index in [1.807, 2.05) is 0 Å². The van der Waals surface area contributed by atoms with Gasteiger partial charge in [-0.05, 0) is 6.07 Å². The number of anilines is 1. The van der Waals surface area contributed by atoms with E-state index in [4.69, 9.17) is 5.39 Å². The van der Waals surface area contributed by atoms with Crippen molar-refractivity contribution in [2.45, 2.75) is 0 Å². The van der Waals surface area contributed by atoms with E-state index in [2.05, 4.69) is 4.98 Å². The number of aromatic hydroxyl groups is 1. The molecule has 0 aliphatic carbocycles. The molecule has 16 heavy (non-hydrogen) atoms. The summed E-state index contributed by atoms with van der Waals surface area (Å²) >= 11 is 0. The molecule has 0 spiro atoms. The molecule has 0 aromatic heterocycles. The third-order valence-electron chi connectivity index (χ3n) is 1.56. The summed E-state index contributed by atoms with van der Waals surface area (Å²) in [4.78, 5) is 4.76. The normalized spacial score (nSPS) is 6.81. The molecule has 8 heteroatoms. The van der Waals surface area contributed by atoms with Crippen LogP contribution in [0.25, 0.3) is 4.98 Å². The smallest absolute Gasteiger partial charge is 1.00 e. The number of nitrogens with zero attached hydrogens (tertiary/aromatic N) is 3. The number of hydrogen-bond donors (Lipinski definition) is 1. The van der Waals surface area contributed by atoms with Gasteiger partial charge in [0.25, 0.3) is 0 Å². The SMILES string of the molecule is CN(C)c1cc([N+]#N)ccc1O.[Cl-].[Cl-].[Cl-].[Zn+2]. The molecule has 86 valence electrons. The Morgan fingerprint density at radius 1 is 1.19 bits per heavy atom. The third-order valence-corrected chi connectivity index (χ3v) is 1.56. The molecule has 0 amide bonds. The number of phenols is 1. The van der Waals surface area contributed by atoms with Crippen LogP contribution < -0.4 is 42.1 Å². The van der Waals surface area contributed by atoms with Gasteiger partial charge < -0.3 is 47.2 Å². The number of benzene rings is 1. The first kappa shape index (κ1) is 24.8. The molecule has 0 aliphatic rings. The minimum Gasteiger partial charge on any atom is -1.00 e. The van der Waals surface area contributed by atoms with Crippen LogP contribution in [-0.2, 0) is 19.5 Å². The molecule has 4 nitrogen and oxygen atoms in total. The fourth-order valence-electron chi connectivity index (χ4n) is 0.932. The van der Waals surface area contributed by atoms with Crippen LogP contribution in [0.5, 0.6) is 5.75 Å². The van der Waals surface area contributed by atoms with Crippen LogP contribution >= 0.6 is 0 Å². The minimum absolute atomic E-state index is 0. The van der Waals surface area contributed by atoms with Crippen molar-refractivity contribution in [3.63, 3.8) is 0 Å². The zero-order chi connectivity index (χ0) is 9.14. The topological polar surface area (TPSA) is 51.6 Å². The molecule has 0 fully saturated rings. The fourth-order valence-corrected chi connectivity index (χ4v) is 0.932. The van der Waals surface area contributed by atoms with Crippen LogP contribution in [0.1, 0.15) is 0 Å². The first-order valence-electron chi connectivity index (χ1n) is 3.50. The largest absolute Gasteiger partial charge is 2.00 e. The van der Waals surface area contributed by atoms with Crippen LogP contribution in [-0.4, -0.2) is 19.2 Å². The number of phenolic OH excluding ortho intramolecular Hbond substituents is 1. The predicted molar refractivity (Wildman–Crippen MR) is 47.2 cm³/mol. The maximum Gasteiger partial charge on any atom is 2.00 e. The zero-order valence-corrected chi connectivity index (χ0v) is 14.1. The summed E-state index contributed by atoms with van der Waals surface area (Å²) in [7, 11) is 3.60. The molecular weight excluding hydrogens is 326 g/mol. The maximum absolute atomic E-state index is 9.34. The monoisotopic (exact) mass is 333 g/mol. The molecule has 0 atom stereocenters. The number of hydrogen-bond acceptors (Lipinski definition) is 3. The van der Waals surface area contributed by atoms with Gasteiger partial charge in [-0.1, -0.05) is 0 Å². The van der Waals surface area contributed by atoms with Crippen molar-refractivity contribution in [2.24, 2.45) is 0 Å². The second-order valence-electron chi connectivity index (χ2n) is 2.67. The van der Waals surface area contributed by atoms with Gasteiger partial charge in [-0.2, -0.15) is 0 Å². The van der Waals surface area contributed by atoms with E-state index in [-0.39, 0.29) is 62.4 Å². The van der Waals surface area contributed by atoms with E-state index in [1.54, 1.807) is 25.1 Å². The van der Waals surface area contributed by atoms with Crippen LogP contribution in [0.15, 0.2) is 18.2 Å². The average Bonchev–Trinajstić information content (AvgIpc) is 2.05. The Morgan fingerprint density at radius 2 is 1.69 bits per heavy atom. The molecule has 0 aliphatic heterocycles. The molecule has 0 bridgehead atoms. The summed E-state index contributed by atoms with van der Waals surface area (Å²) in [5.74, 6) is 0.174. The van der Waals surface area contributed by atoms with E-state index < -0.39 is 0 Å². The van der Waals surface area contributed by atoms with Gasteiger partial charge in [0.05, 0.1) is 11.8 Å². The van der Waals surface area contributed by atoms with Crippen LogP contribution in [0.2, 0.25) is 0 Å². The molecular formula is C8H10Cl3N3OZn. The fraction of sp³-hybridized carbons (Fsp3) is 0.250.